The topological polar surface area (TPSA) is 46.5 Å². The summed E-state index contributed by atoms with van der Waals surface area (Å²) in [6.45, 7) is 1.99. The Morgan fingerprint density at radius 1 is 1.20 bits per heavy atom. The molecule has 3 nitrogen and oxygen atoms in total. The normalized spacial score (nSPS) is 10.7. The second kappa shape index (κ2) is 6.26. The number of ether oxygens (including phenoxy) is 1. The number of carboxylic acids is 1. The van der Waals surface area contributed by atoms with Gasteiger partial charge in [-0.3, -0.25) is 0 Å². The molecule has 20 heavy (non-hydrogen) atoms. The molecule has 2 aromatic rings. The fourth-order valence-corrected chi connectivity index (χ4v) is 1.82. The molecule has 0 aliphatic rings. The fraction of sp³-hybridized carbons (Fsp3) is 0.0625. The minimum absolute atomic E-state index is 0.520. The van der Waals surface area contributed by atoms with E-state index in [1.54, 1.807) is 18.2 Å². The van der Waals surface area contributed by atoms with Gasteiger partial charge < -0.3 is 9.84 Å². The number of aliphatic carboxylic acids is 1. The molecule has 0 amide bonds. The Labute approximate surface area is 122 Å². The van der Waals surface area contributed by atoms with E-state index >= 15 is 0 Å². The number of rotatable bonds is 4. The van der Waals surface area contributed by atoms with Gasteiger partial charge in [-0.05, 0) is 43.3 Å². The summed E-state index contributed by atoms with van der Waals surface area (Å²) < 4.78 is 5.75. The van der Waals surface area contributed by atoms with Crippen LogP contribution in [-0.4, -0.2) is 11.1 Å². The Morgan fingerprint density at radius 3 is 2.55 bits per heavy atom. The quantitative estimate of drug-likeness (QED) is 0.840. The van der Waals surface area contributed by atoms with Crippen LogP contribution in [0.15, 0.2) is 48.5 Å². The zero-order valence-electron chi connectivity index (χ0n) is 10.8. The number of benzene rings is 2. The van der Waals surface area contributed by atoms with E-state index in [1.165, 1.54) is 6.08 Å². The number of carbonyl (C=O) groups is 1. The fourth-order valence-electron chi connectivity index (χ4n) is 1.64. The molecule has 0 aliphatic carbocycles. The van der Waals surface area contributed by atoms with Crippen molar-refractivity contribution in [2.45, 2.75) is 6.92 Å². The lowest BCUT2D eigenvalue weighted by Gasteiger charge is -2.09. The molecule has 0 saturated carbocycles. The Morgan fingerprint density at radius 2 is 1.90 bits per heavy atom. The van der Waals surface area contributed by atoms with Crippen LogP contribution in [-0.2, 0) is 4.79 Å². The molecular formula is C16H13ClO3. The van der Waals surface area contributed by atoms with Gasteiger partial charge in [0.25, 0.3) is 0 Å². The summed E-state index contributed by atoms with van der Waals surface area (Å²) in [4.78, 5) is 10.6. The van der Waals surface area contributed by atoms with Crippen LogP contribution in [0.3, 0.4) is 0 Å². The molecule has 0 aromatic heterocycles. The van der Waals surface area contributed by atoms with Gasteiger partial charge in [0.05, 0.1) is 0 Å². The smallest absolute Gasteiger partial charge is 0.328 e. The molecule has 0 unspecified atom stereocenters. The maximum atomic E-state index is 10.6. The van der Waals surface area contributed by atoms with Crippen molar-refractivity contribution >= 4 is 23.6 Å². The second-order valence-corrected chi connectivity index (χ2v) is 4.71. The molecule has 0 radical (unpaired) electrons. The van der Waals surface area contributed by atoms with Crippen LogP contribution in [0.4, 0.5) is 0 Å². The molecule has 0 spiro atoms. The highest BCUT2D eigenvalue weighted by atomic mass is 35.5. The Balaban J connectivity index is 2.30. The van der Waals surface area contributed by atoms with E-state index in [-0.39, 0.29) is 0 Å². The van der Waals surface area contributed by atoms with Crippen LogP contribution in [0.5, 0.6) is 11.5 Å². The highest BCUT2D eigenvalue weighted by Gasteiger charge is 2.04. The molecule has 0 atom stereocenters. The SMILES string of the molecule is Cc1ccc(Oc2ccc(Cl)cc2/C=C/C(=O)O)cc1. The Hall–Kier alpha value is -2.26. The molecular weight excluding hydrogens is 276 g/mol. The Bertz CT molecular complexity index is 645. The summed E-state index contributed by atoms with van der Waals surface area (Å²) in [6.07, 6.45) is 2.51. The largest absolute Gasteiger partial charge is 0.478 e. The van der Waals surface area contributed by atoms with Gasteiger partial charge in [-0.15, -0.1) is 0 Å². The highest BCUT2D eigenvalue weighted by molar-refractivity contribution is 6.30. The van der Waals surface area contributed by atoms with Crippen LogP contribution in [0.25, 0.3) is 6.08 Å². The van der Waals surface area contributed by atoms with Gasteiger partial charge in [-0.25, -0.2) is 4.79 Å². The summed E-state index contributed by atoms with van der Waals surface area (Å²) in [5.74, 6) is 0.213. The van der Waals surface area contributed by atoms with Crippen LogP contribution >= 0.6 is 11.6 Å². The van der Waals surface area contributed by atoms with Crippen LogP contribution in [0, 0.1) is 6.92 Å². The average molecular weight is 289 g/mol. The monoisotopic (exact) mass is 288 g/mol. The first-order chi connectivity index (χ1) is 9.54. The van der Waals surface area contributed by atoms with Crippen LogP contribution in [0.1, 0.15) is 11.1 Å². The lowest BCUT2D eigenvalue weighted by molar-refractivity contribution is -0.131. The molecule has 0 bridgehead atoms. The van der Waals surface area contributed by atoms with E-state index in [2.05, 4.69) is 0 Å². The minimum Gasteiger partial charge on any atom is -0.478 e. The minimum atomic E-state index is -1.02. The van der Waals surface area contributed by atoms with Gasteiger partial charge in [0.15, 0.2) is 0 Å². The van der Waals surface area contributed by atoms with Crippen molar-refractivity contribution in [2.75, 3.05) is 0 Å². The van der Waals surface area contributed by atoms with Crippen molar-refractivity contribution in [1.82, 2.24) is 0 Å². The third-order valence-corrected chi connectivity index (χ3v) is 2.86. The number of hydrogen-bond donors (Lipinski definition) is 1. The average Bonchev–Trinajstić information content (AvgIpc) is 2.41. The number of aryl methyl sites for hydroxylation is 1. The summed E-state index contributed by atoms with van der Waals surface area (Å²) in [5, 5.41) is 9.21. The van der Waals surface area contributed by atoms with E-state index in [4.69, 9.17) is 21.4 Å². The Kier molecular flexibility index (Phi) is 4.43. The molecule has 4 heteroatoms. The summed E-state index contributed by atoms with van der Waals surface area (Å²) >= 11 is 5.92. The van der Waals surface area contributed by atoms with E-state index in [0.717, 1.165) is 11.6 Å². The van der Waals surface area contributed by atoms with Crippen molar-refractivity contribution in [3.8, 4) is 11.5 Å². The first-order valence-electron chi connectivity index (χ1n) is 6.00. The zero-order valence-corrected chi connectivity index (χ0v) is 11.6. The predicted octanol–water partition coefficient (Wildman–Crippen LogP) is 4.54. The van der Waals surface area contributed by atoms with Gasteiger partial charge >= 0.3 is 5.97 Å². The van der Waals surface area contributed by atoms with Crippen LogP contribution < -0.4 is 4.74 Å². The van der Waals surface area contributed by atoms with Crippen LogP contribution in [0.2, 0.25) is 5.02 Å². The lowest BCUT2D eigenvalue weighted by Crippen LogP contribution is -1.90. The molecule has 2 aromatic carbocycles. The first-order valence-corrected chi connectivity index (χ1v) is 6.37. The highest BCUT2D eigenvalue weighted by Crippen LogP contribution is 2.29. The molecule has 2 rings (SSSR count). The van der Waals surface area contributed by atoms with Gasteiger partial charge in [-0.2, -0.15) is 0 Å². The molecule has 0 fully saturated rings. The number of halogens is 1. The van der Waals surface area contributed by atoms with E-state index in [9.17, 15) is 4.79 Å². The molecule has 0 heterocycles. The van der Waals surface area contributed by atoms with Crippen molar-refractivity contribution in [2.24, 2.45) is 0 Å². The van der Waals surface area contributed by atoms with E-state index in [1.807, 2.05) is 31.2 Å². The van der Waals surface area contributed by atoms with E-state index in [0.29, 0.717) is 22.1 Å². The molecule has 1 N–H and O–H groups in total. The summed E-state index contributed by atoms with van der Waals surface area (Å²) in [7, 11) is 0. The maximum Gasteiger partial charge on any atom is 0.328 e. The number of carboxylic acid groups (broad SMARTS) is 1. The van der Waals surface area contributed by atoms with Gasteiger partial charge in [0, 0.05) is 16.7 Å². The third kappa shape index (κ3) is 3.87. The maximum absolute atomic E-state index is 10.6. The standard InChI is InChI=1S/C16H13ClO3/c1-11-2-6-14(7-3-11)20-15-8-5-13(17)10-12(15)4-9-16(18)19/h2-10H,1H3,(H,18,19)/b9-4+. The molecule has 102 valence electrons. The molecule has 0 aliphatic heterocycles. The molecule has 0 saturated heterocycles. The third-order valence-electron chi connectivity index (χ3n) is 2.63. The second-order valence-electron chi connectivity index (χ2n) is 4.27. The van der Waals surface area contributed by atoms with Crippen molar-refractivity contribution in [1.29, 1.82) is 0 Å². The van der Waals surface area contributed by atoms with Crippen molar-refractivity contribution < 1.29 is 14.6 Å². The van der Waals surface area contributed by atoms with E-state index < -0.39 is 5.97 Å². The van der Waals surface area contributed by atoms with Crippen molar-refractivity contribution in [3.05, 3.63) is 64.7 Å². The number of hydrogen-bond acceptors (Lipinski definition) is 2. The zero-order chi connectivity index (χ0) is 14.5. The first kappa shape index (κ1) is 14.2. The van der Waals surface area contributed by atoms with Gasteiger partial charge in [0.1, 0.15) is 11.5 Å². The summed E-state index contributed by atoms with van der Waals surface area (Å²) in [6, 6.07) is 12.7. The lowest BCUT2D eigenvalue weighted by atomic mass is 10.2. The van der Waals surface area contributed by atoms with Gasteiger partial charge in [0.2, 0.25) is 0 Å². The predicted molar refractivity (Wildman–Crippen MR) is 79.4 cm³/mol. The van der Waals surface area contributed by atoms with Gasteiger partial charge in [-0.1, -0.05) is 29.3 Å². The summed E-state index contributed by atoms with van der Waals surface area (Å²) in [5.41, 5.74) is 1.75. The van der Waals surface area contributed by atoms with Crippen molar-refractivity contribution in [3.63, 3.8) is 0 Å².